The van der Waals surface area contributed by atoms with Gasteiger partial charge in [0.05, 0.1) is 26.9 Å². The smallest absolute Gasteiger partial charge is 0.226 e. The standard InChI is InChI=1S/C24H22O6/c1-27-17-11-9-16(10-12-17)24(22(25)15-7-5-4-6-8-15)23(26)21-19(29-3)13-18(28-2)14-20(21)30-24/h4-14,23,26H,1-3H3/t23-,24-/m1/s1. The molecule has 0 aliphatic carbocycles. The maximum absolute atomic E-state index is 13.8. The second kappa shape index (κ2) is 7.72. The molecule has 6 heteroatoms. The van der Waals surface area contributed by atoms with Crippen LogP contribution < -0.4 is 18.9 Å². The Bertz CT molecular complexity index is 1060. The van der Waals surface area contributed by atoms with E-state index in [4.69, 9.17) is 18.9 Å². The highest BCUT2D eigenvalue weighted by Crippen LogP contribution is 2.55. The molecule has 2 atom stereocenters. The minimum absolute atomic E-state index is 0.332. The summed E-state index contributed by atoms with van der Waals surface area (Å²) < 4.78 is 22.3. The number of ketones is 1. The molecule has 1 aliphatic heterocycles. The Morgan fingerprint density at radius 2 is 1.57 bits per heavy atom. The van der Waals surface area contributed by atoms with Crippen LogP contribution in [0.4, 0.5) is 0 Å². The molecule has 0 saturated carbocycles. The zero-order valence-electron chi connectivity index (χ0n) is 16.9. The molecule has 4 rings (SSSR count). The fourth-order valence-electron chi connectivity index (χ4n) is 3.81. The lowest BCUT2D eigenvalue weighted by atomic mass is 9.80. The Labute approximate surface area is 174 Å². The number of Topliss-reactive ketones (excluding diaryl/α,β-unsaturated/α-hetero) is 1. The lowest BCUT2D eigenvalue weighted by Crippen LogP contribution is -2.43. The molecule has 154 valence electrons. The summed E-state index contributed by atoms with van der Waals surface area (Å²) in [6, 6.07) is 19.0. The molecule has 0 radical (unpaired) electrons. The Kier molecular flexibility index (Phi) is 5.10. The molecule has 30 heavy (non-hydrogen) atoms. The van der Waals surface area contributed by atoms with Gasteiger partial charge in [-0.05, 0) is 12.1 Å². The van der Waals surface area contributed by atoms with Crippen LogP contribution in [0.1, 0.15) is 27.6 Å². The normalized spacial score (nSPS) is 19.5. The molecule has 0 fully saturated rings. The first-order chi connectivity index (χ1) is 14.5. The topological polar surface area (TPSA) is 74.2 Å². The van der Waals surface area contributed by atoms with Gasteiger partial charge < -0.3 is 24.1 Å². The van der Waals surface area contributed by atoms with Crippen LogP contribution in [0, 0.1) is 0 Å². The highest BCUT2D eigenvalue weighted by Gasteiger charge is 2.56. The lowest BCUT2D eigenvalue weighted by molar-refractivity contribution is -0.0157. The first kappa shape index (κ1) is 19.8. The summed E-state index contributed by atoms with van der Waals surface area (Å²) in [5, 5.41) is 11.5. The van der Waals surface area contributed by atoms with Gasteiger partial charge in [-0.3, -0.25) is 4.79 Å². The molecule has 3 aromatic rings. The molecule has 3 aromatic carbocycles. The van der Waals surface area contributed by atoms with Gasteiger partial charge in [0.25, 0.3) is 0 Å². The number of carbonyl (C=O) groups is 1. The summed E-state index contributed by atoms with van der Waals surface area (Å²) in [4.78, 5) is 13.8. The second-order valence-electron chi connectivity index (χ2n) is 6.91. The maximum atomic E-state index is 13.8. The van der Waals surface area contributed by atoms with E-state index in [0.717, 1.165) is 0 Å². The van der Waals surface area contributed by atoms with Crippen molar-refractivity contribution in [3.05, 3.63) is 83.4 Å². The van der Waals surface area contributed by atoms with Gasteiger partial charge in [-0.2, -0.15) is 0 Å². The van der Waals surface area contributed by atoms with Gasteiger partial charge in [-0.1, -0.05) is 42.5 Å². The van der Waals surface area contributed by atoms with E-state index < -0.39 is 11.7 Å². The van der Waals surface area contributed by atoms with E-state index in [1.807, 2.05) is 6.07 Å². The van der Waals surface area contributed by atoms with Crippen LogP contribution in [-0.2, 0) is 5.60 Å². The van der Waals surface area contributed by atoms with E-state index in [1.165, 1.54) is 14.2 Å². The van der Waals surface area contributed by atoms with Gasteiger partial charge in [0.15, 0.2) is 0 Å². The summed E-state index contributed by atoms with van der Waals surface area (Å²) in [6.45, 7) is 0. The number of rotatable bonds is 6. The number of benzene rings is 3. The minimum atomic E-state index is -1.68. The maximum Gasteiger partial charge on any atom is 0.226 e. The minimum Gasteiger partial charge on any atom is -0.497 e. The molecule has 0 bridgehead atoms. The van der Waals surface area contributed by atoms with E-state index >= 15 is 0 Å². The van der Waals surface area contributed by atoms with Crippen LogP contribution in [0.3, 0.4) is 0 Å². The van der Waals surface area contributed by atoms with Crippen LogP contribution in [0.15, 0.2) is 66.7 Å². The van der Waals surface area contributed by atoms with Crippen molar-refractivity contribution in [2.24, 2.45) is 0 Å². The predicted octanol–water partition coefficient (Wildman–Crippen LogP) is 3.92. The zero-order chi connectivity index (χ0) is 21.3. The van der Waals surface area contributed by atoms with Crippen molar-refractivity contribution in [2.45, 2.75) is 11.7 Å². The summed E-state index contributed by atoms with van der Waals surface area (Å²) >= 11 is 0. The number of methoxy groups -OCH3 is 3. The van der Waals surface area contributed by atoms with Crippen LogP contribution in [-0.4, -0.2) is 32.2 Å². The molecule has 0 saturated heterocycles. The van der Waals surface area contributed by atoms with Crippen molar-refractivity contribution in [3.8, 4) is 23.0 Å². The summed E-state index contributed by atoms with van der Waals surface area (Å²) in [5.41, 5.74) is -0.360. The van der Waals surface area contributed by atoms with Crippen molar-refractivity contribution < 1.29 is 28.8 Å². The molecule has 0 spiro atoms. The Hall–Kier alpha value is -3.51. The molecule has 0 aromatic heterocycles. The number of carbonyl (C=O) groups excluding carboxylic acids is 1. The number of ether oxygens (including phenoxy) is 4. The molecular formula is C24H22O6. The van der Waals surface area contributed by atoms with Gasteiger partial charge in [0.1, 0.15) is 29.1 Å². The fraction of sp³-hybridized carbons (Fsp3) is 0.208. The van der Waals surface area contributed by atoms with E-state index in [2.05, 4.69) is 0 Å². The third-order valence-corrected chi connectivity index (χ3v) is 5.35. The largest absolute Gasteiger partial charge is 0.497 e. The summed E-state index contributed by atoms with van der Waals surface area (Å²) in [7, 11) is 4.58. The quantitative estimate of drug-likeness (QED) is 0.626. The SMILES string of the molecule is COc1ccc([C@]2(C(=O)c3ccccc3)Oc3cc(OC)cc(OC)c3[C@H]2O)cc1. The molecule has 1 N–H and O–H groups in total. The van der Waals surface area contributed by atoms with Gasteiger partial charge in [-0.15, -0.1) is 0 Å². The highest BCUT2D eigenvalue weighted by molar-refractivity contribution is 6.04. The van der Waals surface area contributed by atoms with Crippen LogP contribution in [0.25, 0.3) is 0 Å². The Balaban J connectivity index is 1.93. The van der Waals surface area contributed by atoms with Gasteiger partial charge >= 0.3 is 0 Å². The fourth-order valence-corrected chi connectivity index (χ4v) is 3.81. The average Bonchev–Trinajstić information content (AvgIpc) is 3.11. The van der Waals surface area contributed by atoms with E-state index in [9.17, 15) is 9.90 Å². The number of hydrogen-bond donors (Lipinski definition) is 1. The van der Waals surface area contributed by atoms with Gasteiger partial charge in [-0.25, -0.2) is 0 Å². The molecule has 0 unspecified atom stereocenters. The van der Waals surface area contributed by atoms with E-state index in [-0.39, 0.29) is 5.78 Å². The molecular weight excluding hydrogens is 384 g/mol. The van der Waals surface area contributed by atoms with Gasteiger partial charge in [0, 0.05) is 23.3 Å². The third-order valence-electron chi connectivity index (χ3n) is 5.35. The summed E-state index contributed by atoms with van der Waals surface area (Å²) in [6.07, 6.45) is -1.30. The molecule has 6 nitrogen and oxygen atoms in total. The average molecular weight is 406 g/mol. The van der Waals surface area contributed by atoms with Crippen LogP contribution in [0.2, 0.25) is 0 Å². The molecule has 1 aliphatic rings. The van der Waals surface area contributed by atoms with Crippen LogP contribution in [0.5, 0.6) is 23.0 Å². The molecule has 1 heterocycles. The Morgan fingerprint density at radius 1 is 0.900 bits per heavy atom. The van der Waals surface area contributed by atoms with Crippen molar-refractivity contribution in [2.75, 3.05) is 21.3 Å². The van der Waals surface area contributed by atoms with E-state index in [0.29, 0.717) is 39.7 Å². The second-order valence-corrected chi connectivity index (χ2v) is 6.91. The number of fused-ring (bicyclic) bond motifs is 1. The molecule has 0 amide bonds. The van der Waals surface area contributed by atoms with Crippen molar-refractivity contribution in [1.29, 1.82) is 0 Å². The third kappa shape index (κ3) is 2.97. The van der Waals surface area contributed by atoms with Gasteiger partial charge in [0.2, 0.25) is 11.4 Å². The number of hydrogen-bond acceptors (Lipinski definition) is 6. The first-order valence-corrected chi connectivity index (χ1v) is 9.42. The van der Waals surface area contributed by atoms with E-state index in [1.54, 1.807) is 67.8 Å². The highest BCUT2D eigenvalue weighted by atomic mass is 16.5. The lowest BCUT2D eigenvalue weighted by Gasteiger charge is -2.31. The Morgan fingerprint density at radius 3 is 2.17 bits per heavy atom. The van der Waals surface area contributed by atoms with Crippen LogP contribution >= 0.6 is 0 Å². The van der Waals surface area contributed by atoms with Crippen molar-refractivity contribution >= 4 is 5.78 Å². The first-order valence-electron chi connectivity index (χ1n) is 9.42. The number of aliphatic hydroxyl groups excluding tert-OH is 1. The van der Waals surface area contributed by atoms with Crippen molar-refractivity contribution in [3.63, 3.8) is 0 Å². The predicted molar refractivity (Wildman–Crippen MR) is 111 cm³/mol. The monoisotopic (exact) mass is 406 g/mol. The number of aliphatic hydroxyl groups is 1. The zero-order valence-corrected chi connectivity index (χ0v) is 16.9. The van der Waals surface area contributed by atoms with Crippen molar-refractivity contribution in [1.82, 2.24) is 0 Å². The summed E-state index contributed by atoms with van der Waals surface area (Å²) in [5.74, 6) is 1.48.